The number of nitrogens with zero attached hydrogens (tertiary/aromatic N) is 4. The highest BCUT2D eigenvalue weighted by atomic mass is 16.5. The number of methoxy groups -OCH3 is 1. The number of aromatic nitrogens is 4. The van der Waals surface area contributed by atoms with Crippen LogP contribution in [0.1, 0.15) is 53.7 Å². The van der Waals surface area contributed by atoms with Gasteiger partial charge in [-0.1, -0.05) is 5.16 Å². The Bertz CT molecular complexity index is 1400. The van der Waals surface area contributed by atoms with E-state index >= 15 is 0 Å². The number of aromatic carboxylic acids is 1. The lowest BCUT2D eigenvalue weighted by atomic mass is 10.0. The van der Waals surface area contributed by atoms with Gasteiger partial charge in [-0.2, -0.15) is 0 Å². The molecule has 2 aliphatic rings. The summed E-state index contributed by atoms with van der Waals surface area (Å²) < 4.78 is 13.4. The van der Waals surface area contributed by atoms with E-state index in [1.54, 1.807) is 13.3 Å². The van der Waals surface area contributed by atoms with Gasteiger partial charge in [-0.05, 0) is 57.4 Å². The molecule has 0 atom stereocenters. The van der Waals surface area contributed by atoms with Crippen LogP contribution in [0.15, 0.2) is 35.2 Å². The fourth-order valence-corrected chi connectivity index (χ4v) is 5.24. The van der Waals surface area contributed by atoms with Crippen molar-refractivity contribution < 1.29 is 19.2 Å². The van der Waals surface area contributed by atoms with Crippen molar-refractivity contribution in [3.05, 3.63) is 47.9 Å². The molecule has 1 N–H and O–H groups in total. The van der Waals surface area contributed by atoms with E-state index in [2.05, 4.69) is 27.0 Å². The first-order valence-electron chi connectivity index (χ1n) is 11.7. The van der Waals surface area contributed by atoms with Gasteiger partial charge >= 0.3 is 5.97 Å². The quantitative estimate of drug-likeness (QED) is 0.393. The average molecular weight is 459 g/mol. The van der Waals surface area contributed by atoms with Crippen LogP contribution < -0.4 is 4.74 Å². The lowest BCUT2D eigenvalue weighted by Crippen LogP contribution is -2.13. The first-order valence-corrected chi connectivity index (χ1v) is 11.7. The van der Waals surface area contributed by atoms with Crippen molar-refractivity contribution >= 4 is 17.0 Å². The number of aryl methyl sites for hydroxylation is 2. The highest BCUT2D eigenvalue weighted by Gasteiger charge is 2.43. The standard InChI is InChI=1S/C26H26N4O4/c1-13-23(14(2)34-29-13)17-8-18-20(19-11-27-21(26(31)32)9-22(19)33-3)12-30(25(18)28-10-17)24(15-4-5-15)16-6-7-16/h8-12,15-16,24H,4-7H2,1-3H3,(H,31,32). The van der Waals surface area contributed by atoms with Crippen LogP contribution in [-0.4, -0.2) is 37.9 Å². The molecule has 0 spiro atoms. The second kappa shape index (κ2) is 7.68. The van der Waals surface area contributed by atoms with Crippen molar-refractivity contribution in [1.29, 1.82) is 0 Å². The van der Waals surface area contributed by atoms with E-state index in [4.69, 9.17) is 14.2 Å². The predicted molar refractivity (Wildman–Crippen MR) is 126 cm³/mol. The lowest BCUT2D eigenvalue weighted by molar-refractivity contribution is 0.0690. The molecular weight excluding hydrogens is 432 g/mol. The van der Waals surface area contributed by atoms with E-state index in [1.807, 2.05) is 20.0 Å². The average Bonchev–Trinajstić information content (AvgIpc) is 3.76. The van der Waals surface area contributed by atoms with E-state index in [9.17, 15) is 9.90 Å². The zero-order valence-corrected chi connectivity index (χ0v) is 19.4. The minimum atomic E-state index is -1.09. The Morgan fingerprint density at radius 3 is 2.44 bits per heavy atom. The zero-order chi connectivity index (χ0) is 23.6. The number of hydrogen-bond donors (Lipinski definition) is 1. The molecule has 0 amide bonds. The summed E-state index contributed by atoms with van der Waals surface area (Å²) in [4.78, 5) is 20.6. The molecule has 4 aromatic heterocycles. The summed E-state index contributed by atoms with van der Waals surface area (Å²) >= 11 is 0. The second-order valence-electron chi connectivity index (χ2n) is 9.48. The van der Waals surface area contributed by atoms with Gasteiger partial charge in [-0.3, -0.25) is 0 Å². The predicted octanol–water partition coefficient (Wildman–Crippen LogP) is 5.44. The normalized spacial score (nSPS) is 15.9. The number of carboxylic acids is 1. The Balaban J connectivity index is 1.59. The van der Waals surface area contributed by atoms with Gasteiger partial charge in [-0.25, -0.2) is 14.8 Å². The fourth-order valence-electron chi connectivity index (χ4n) is 5.24. The van der Waals surface area contributed by atoms with Crippen LogP contribution in [0.2, 0.25) is 0 Å². The third-order valence-corrected chi connectivity index (χ3v) is 7.12. The van der Waals surface area contributed by atoms with E-state index in [0.29, 0.717) is 23.6 Å². The molecule has 2 saturated carbocycles. The van der Waals surface area contributed by atoms with Gasteiger partial charge in [0, 0.05) is 58.3 Å². The van der Waals surface area contributed by atoms with Gasteiger partial charge in [0.05, 0.1) is 12.8 Å². The third kappa shape index (κ3) is 3.36. The van der Waals surface area contributed by atoms with Gasteiger partial charge in [0.1, 0.15) is 17.2 Å². The second-order valence-corrected chi connectivity index (χ2v) is 9.48. The molecular formula is C26H26N4O4. The van der Waals surface area contributed by atoms with Crippen molar-refractivity contribution in [1.82, 2.24) is 19.7 Å². The molecule has 174 valence electrons. The van der Waals surface area contributed by atoms with Gasteiger partial charge in [-0.15, -0.1) is 0 Å². The highest BCUT2D eigenvalue weighted by molar-refractivity contribution is 5.98. The molecule has 0 saturated heterocycles. The number of ether oxygens (including phenoxy) is 1. The van der Waals surface area contributed by atoms with E-state index in [-0.39, 0.29) is 5.69 Å². The van der Waals surface area contributed by atoms with Crippen LogP contribution in [0.4, 0.5) is 0 Å². The summed E-state index contributed by atoms with van der Waals surface area (Å²) in [5.41, 5.74) is 5.26. The topological polar surface area (TPSA) is 103 Å². The van der Waals surface area contributed by atoms with Crippen LogP contribution in [0.5, 0.6) is 5.75 Å². The largest absolute Gasteiger partial charge is 0.496 e. The SMILES string of the molecule is COc1cc(C(=O)O)ncc1-c1cn(C(C2CC2)C2CC2)c2ncc(-c3c(C)noc3C)cc12. The summed E-state index contributed by atoms with van der Waals surface area (Å²) in [6.45, 7) is 3.83. The molecule has 0 radical (unpaired) electrons. The molecule has 4 heterocycles. The van der Waals surface area contributed by atoms with Crippen molar-refractivity contribution in [2.45, 2.75) is 45.6 Å². The molecule has 8 heteroatoms. The van der Waals surface area contributed by atoms with Crippen LogP contribution in [-0.2, 0) is 0 Å². The number of pyridine rings is 2. The number of hydrogen-bond acceptors (Lipinski definition) is 6. The zero-order valence-electron chi connectivity index (χ0n) is 19.4. The molecule has 4 aromatic rings. The molecule has 0 unspecified atom stereocenters. The Labute approximate surface area is 196 Å². The number of carbonyl (C=O) groups is 1. The smallest absolute Gasteiger partial charge is 0.354 e. The summed E-state index contributed by atoms with van der Waals surface area (Å²) in [7, 11) is 1.55. The van der Waals surface area contributed by atoms with Crippen molar-refractivity contribution in [2.75, 3.05) is 7.11 Å². The summed E-state index contributed by atoms with van der Waals surface area (Å²) in [6, 6.07) is 4.04. The van der Waals surface area contributed by atoms with Crippen LogP contribution in [0.25, 0.3) is 33.3 Å². The molecule has 2 aliphatic carbocycles. The molecule has 0 aromatic carbocycles. The maximum absolute atomic E-state index is 11.5. The molecule has 0 aliphatic heterocycles. The molecule has 8 nitrogen and oxygen atoms in total. The first kappa shape index (κ1) is 20.9. The molecule has 0 bridgehead atoms. The van der Waals surface area contributed by atoms with E-state index in [1.165, 1.54) is 31.7 Å². The number of fused-ring (bicyclic) bond motifs is 1. The Morgan fingerprint density at radius 2 is 1.85 bits per heavy atom. The van der Waals surface area contributed by atoms with Gasteiger partial charge in [0.15, 0.2) is 5.69 Å². The maximum atomic E-state index is 11.5. The Hall–Kier alpha value is -3.68. The first-order chi connectivity index (χ1) is 16.5. The molecule has 34 heavy (non-hydrogen) atoms. The summed E-state index contributed by atoms with van der Waals surface area (Å²) in [6.07, 6.45) is 10.7. The van der Waals surface area contributed by atoms with Crippen LogP contribution in [0.3, 0.4) is 0 Å². The van der Waals surface area contributed by atoms with Crippen LogP contribution in [0, 0.1) is 25.7 Å². The van der Waals surface area contributed by atoms with E-state index < -0.39 is 5.97 Å². The van der Waals surface area contributed by atoms with Gasteiger partial charge in [0.2, 0.25) is 0 Å². The van der Waals surface area contributed by atoms with Gasteiger partial charge < -0.3 is 18.9 Å². The van der Waals surface area contributed by atoms with Crippen LogP contribution >= 0.6 is 0 Å². The van der Waals surface area contributed by atoms with Crippen molar-refractivity contribution in [2.24, 2.45) is 11.8 Å². The summed E-state index contributed by atoms with van der Waals surface area (Å²) in [5, 5.41) is 14.5. The maximum Gasteiger partial charge on any atom is 0.354 e. The molecule has 2 fully saturated rings. The Kier molecular flexibility index (Phi) is 4.72. The monoisotopic (exact) mass is 458 g/mol. The highest BCUT2D eigenvalue weighted by Crippen LogP contribution is 2.53. The third-order valence-electron chi connectivity index (χ3n) is 7.12. The Morgan fingerprint density at radius 1 is 1.12 bits per heavy atom. The lowest BCUT2D eigenvalue weighted by Gasteiger charge is -2.18. The summed E-state index contributed by atoms with van der Waals surface area (Å²) in [5.74, 6) is 1.52. The fraction of sp³-hybridized carbons (Fsp3) is 0.385. The number of rotatable bonds is 7. The molecule has 6 rings (SSSR count). The van der Waals surface area contributed by atoms with E-state index in [0.717, 1.165) is 44.7 Å². The number of carboxylic acid groups (broad SMARTS) is 1. The van der Waals surface area contributed by atoms with Gasteiger partial charge in [0.25, 0.3) is 0 Å². The van der Waals surface area contributed by atoms with Crippen molar-refractivity contribution in [3.8, 4) is 28.0 Å². The minimum absolute atomic E-state index is 0.0484. The minimum Gasteiger partial charge on any atom is -0.496 e. The van der Waals surface area contributed by atoms with Crippen molar-refractivity contribution in [3.63, 3.8) is 0 Å².